The highest BCUT2D eigenvalue weighted by Gasteiger charge is 2.28. The van der Waals surface area contributed by atoms with Gasteiger partial charge in [0.1, 0.15) is 0 Å². The molecular formula is C14H27NO2. The van der Waals surface area contributed by atoms with Gasteiger partial charge in [-0.2, -0.15) is 0 Å². The maximum absolute atomic E-state index is 10.3. The Labute approximate surface area is 105 Å². The molecule has 3 unspecified atom stereocenters. The number of hydrogen-bond acceptors (Lipinski definition) is 3. The molecule has 1 aliphatic carbocycles. The molecule has 3 nitrogen and oxygen atoms in total. The molecule has 0 bridgehead atoms. The van der Waals surface area contributed by atoms with Crippen molar-refractivity contribution in [1.82, 2.24) is 4.90 Å². The molecule has 2 fully saturated rings. The third-order valence-electron chi connectivity index (χ3n) is 4.35. The third-order valence-corrected chi connectivity index (χ3v) is 4.35. The van der Waals surface area contributed by atoms with E-state index in [0.29, 0.717) is 18.1 Å². The van der Waals surface area contributed by atoms with E-state index in [0.717, 1.165) is 19.7 Å². The average Bonchev–Trinajstić information content (AvgIpc) is 2.35. The van der Waals surface area contributed by atoms with E-state index in [4.69, 9.17) is 4.74 Å². The molecule has 0 aromatic heterocycles. The van der Waals surface area contributed by atoms with Crippen LogP contribution in [-0.2, 0) is 4.74 Å². The number of aliphatic hydroxyl groups excluding tert-OH is 1. The predicted octanol–water partition coefficient (Wildman–Crippen LogP) is 2.04. The fourth-order valence-electron chi connectivity index (χ4n) is 3.13. The number of hydrogen-bond donors (Lipinski definition) is 1. The summed E-state index contributed by atoms with van der Waals surface area (Å²) in [5.74, 6) is 0.536. The zero-order valence-corrected chi connectivity index (χ0v) is 11.3. The second-order valence-electron chi connectivity index (χ2n) is 5.91. The topological polar surface area (TPSA) is 32.7 Å². The van der Waals surface area contributed by atoms with Gasteiger partial charge in [-0.05, 0) is 32.6 Å². The average molecular weight is 241 g/mol. The highest BCUT2D eigenvalue weighted by molar-refractivity contribution is 4.81. The fraction of sp³-hybridized carbons (Fsp3) is 1.00. The van der Waals surface area contributed by atoms with Gasteiger partial charge < -0.3 is 9.84 Å². The maximum atomic E-state index is 10.3. The molecule has 1 N–H and O–H groups in total. The molecule has 2 aliphatic rings. The Morgan fingerprint density at radius 1 is 1.24 bits per heavy atom. The molecule has 1 aliphatic heterocycles. The minimum atomic E-state index is -0.136. The molecule has 0 radical (unpaired) electrons. The van der Waals surface area contributed by atoms with Gasteiger partial charge in [-0.25, -0.2) is 0 Å². The first-order chi connectivity index (χ1) is 8.16. The van der Waals surface area contributed by atoms with Crippen LogP contribution in [0.25, 0.3) is 0 Å². The molecular weight excluding hydrogens is 214 g/mol. The molecule has 0 spiro atoms. The normalized spacial score (nSPS) is 34.8. The summed E-state index contributed by atoms with van der Waals surface area (Å²) in [5, 5.41) is 10.3. The monoisotopic (exact) mass is 241 g/mol. The predicted molar refractivity (Wildman–Crippen MR) is 69.0 cm³/mol. The van der Waals surface area contributed by atoms with Gasteiger partial charge in [0, 0.05) is 19.1 Å². The van der Waals surface area contributed by atoms with E-state index in [-0.39, 0.29) is 6.10 Å². The van der Waals surface area contributed by atoms with Crippen molar-refractivity contribution in [2.45, 2.75) is 64.2 Å². The van der Waals surface area contributed by atoms with E-state index < -0.39 is 0 Å². The summed E-state index contributed by atoms with van der Waals surface area (Å²) in [6, 6.07) is 0.449. The third kappa shape index (κ3) is 3.67. The van der Waals surface area contributed by atoms with Crippen LogP contribution in [0.3, 0.4) is 0 Å². The van der Waals surface area contributed by atoms with E-state index in [1.54, 1.807) is 0 Å². The minimum absolute atomic E-state index is 0.136. The van der Waals surface area contributed by atoms with Crippen molar-refractivity contribution in [1.29, 1.82) is 0 Å². The van der Waals surface area contributed by atoms with E-state index in [1.165, 1.54) is 32.1 Å². The number of morpholine rings is 1. The molecule has 1 saturated heterocycles. The van der Waals surface area contributed by atoms with Gasteiger partial charge in [0.05, 0.1) is 18.8 Å². The van der Waals surface area contributed by atoms with Crippen molar-refractivity contribution in [2.75, 3.05) is 19.7 Å². The van der Waals surface area contributed by atoms with E-state index >= 15 is 0 Å². The summed E-state index contributed by atoms with van der Waals surface area (Å²) in [6.07, 6.45) is 6.57. The summed E-state index contributed by atoms with van der Waals surface area (Å²) < 4.78 is 5.62. The summed E-state index contributed by atoms with van der Waals surface area (Å²) >= 11 is 0. The van der Waals surface area contributed by atoms with Crippen molar-refractivity contribution < 1.29 is 9.84 Å². The number of ether oxygens (including phenoxy) is 1. The second-order valence-corrected chi connectivity index (χ2v) is 5.91. The highest BCUT2D eigenvalue weighted by Crippen LogP contribution is 2.27. The SMILES string of the molecule is CC1CN(CC(O)C2CCCCC2)C(C)CO1. The second kappa shape index (κ2) is 6.17. The summed E-state index contributed by atoms with van der Waals surface area (Å²) in [5.41, 5.74) is 0. The maximum Gasteiger partial charge on any atom is 0.0695 e. The summed E-state index contributed by atoms with van der Waals surface area (Å²) in [4.78, 5) is 2.40. The van der Waals surface area contributed by atoms with E-state index in [1.807, 2.05) is 0 Å². The lowest BCUT2D eigenvalue weighted by atomic mass is 9.85. The Morgan fingerprint density at radius 2 is 1.94 bits per heavy atom. The number of rotatable bonds is 3. The van der Waals surface area contributed by atoms with Crippen LogP contribution in [0, 0.1) is 5.92 Å². The first kappa shape index (κ1) is 13.3. The standard InChI is InChI=1S/C14H27NO2/c1-11-10-17-12(2)8-15(11)9-14(16)13-6-4-3-5-7-13/h11-14,16H,3-10H2,1-2H3. The molecule has 1 heterocycles. The van der Waals surface area contributed by atoms with Gasteiger partial charge in [-0.3, -0.25) is 4.90 Å². The van der Waals surface area contributed by atoms with Crippen LogP contribution in [0.4, 0.5) is 0 Å². The Morgan fingerprint density at radius 3 is 2.65 bits per heavy atom. The fourth-order valence-corrected chi connectivity index (χ4v) is 3.13. The number of β-amino-alcohol motifs (C(OH)–C–C–N with tert-alkyl or cyclic N) is 1. The van der Waals surface area contributed by atoms with Crippen LogP contribution >= 0.6 is 0 Å². The zero-order chi connectivity index (χ0) is 12.3. The molecule has 3 atom stereocenters. The van der Waals surface area contributed by atoms with Crippen molar-refractivity contribution in [3.8, 4) is 0 Å². The Hall–Kier alpha value is -0.120. The van der Waals surface area contributed by atoms with Crippen molar-refractivity contribution in [2.24, 2.45) is 5.92 Å². The molecule has 0 amide bonds. The Bertz CT molecular complexity index is 228. The molecule has 2 rings (SSSR count). The van der Waals surface area contributed by atoms with Gasteiger partial charge in [0.15, 0.2) is 0 Å². The van der Waals surface area contributed by atoms with E-state index in [2.05, 4.69) is 18.7 Å². The first-order valence-electron chi connectivity index (χ1n) is 7.20. The highest BCUT2D eigenvalue weighted by atomic mass is 16.5. The summed E-state index contributed by atoms with van der Waals surface area (Å²) in [6.45, 7) is 6.91. The Balaban J connectivity index is 1.81. The minimum Gasteiger partial charge on any atom is -0.392 e. The smallest absolute Gasteiger partial charge is 0.0695 e. The van der Waals surface area contributed by atoms with Gasteiger partial charge in [0.25, 0.3) is 0 Å². The molecule has 0 aromatic carbocycles. The molecule has 0 aromatic rings. The lowest BCUT2D eigenvalue weighted by molar-refractivity contribution is -0.0690. The van der Waals surface area contributed by atoms with Crippen molar-refractivity contribution >= 4 is 0 Å². The van der Waals surface area contributed by atoms with Gasteiger partial charge in [-0.1, -0.05) is 19.3 Å². The lowest BCUT2D eigenvalue weighted by Crippen LogP contribution is -2.51. The van der Waals surface area contributed by atoms with Gasteiger partial charge in [-0.15, -0.1) is 0 Å². The number of aliphatic hydroxyl groups is 1. The van der Waals surface area contributed by atoms with Crippen LogP contribution in [-0.4, -0.2) is 48.0 Å². The molecule has 100 valence electrons. The molecule has 1 saturated carbocycles. The van der Waals surface area contributed by atoms with Gasteiger partial charge >= 0.3 is 0 Å². The quantitative estimate of drug-likeness (QED) is 0.820. The van der Waals surface area contributed by atoms with Crippen molar-refractivity contribution in [3.63, 3.8) is 0 Å². The Kier molecular flexibility index (Phi) is 4.83. The number of nitrogens with zero attached hydrogens (tertiary/aromatic N) is 1. The lowest BCUT2D eigenvalue weighted by Gasteiger charge is -2.39. The van der Waals surface area contributed by atoms with Crippen LogP contribution in [0.2, 0.25) is 0 Å². The van der Waals surface area contributed by atoms with Crippen molar-refractivity contribution in [3.05, 3.63) is 0 Å². The van der Waals surface area contributed by atoms with Crippen LogP contribution < -0.4 is 0 Å². The summed E-state index contributed by atoms with van der Waals surface area (Å²) in [7, 11) is 0. The largest absolute Gasteiger partial charge is 0.392 e. The van der Waals surface area contributed by atoms with Crippen LogP contribution in [0.15, 0.2) is 0 Å². The van der Waals surface area contributed by atoms with E-state index in [9.17, 15) is 5.11 Å². The van der Waals surface area contributed by atoms with Crippen LogP contribution in [0.5, 0.6) is 0 Å². The first-order valence-corrected chi connectivity index (χ1v) is 7.20. The molecule has 3 heteroatoms. The molecule has 17 heavy (non-hydrogen) atoms. The van der Waals surface area contributed by atoms with Crippen LogP contribution in [0.1, 0.15) is 46.0 Å². The zero-order valence-electron chi connectivity index (χ0n) is 11.3. The van der Waals surface area contributed by atoms with Gasteiger partial charge in [0.2, 0.25) is 0 Å².